The van der Waals surface area contributed by atoms with Gasteiger partial charge in [-0.25, -0.2) is 14.6 Å². The van der Waals surface area contributed by atoms with Gasteiger partial charge in [0.25, 0.3) is 5.88 Å². The predicted octanol–water partition coefficient (Wildman–Crippen LogP) is 1.72. The maximum absolute atomic E-state index is 11.9. The van der Waals surface area contributed by atoms with Crippen molar-refractivity contribution in [3.05, 3.63) is 12.3 Å². The van der Waals surface area contributed by atoms with E-state index in [1.54, 1.807) is 0 Å². The van der Waals surface area contributed by atoms with Gasteiger partial charge in [0, 0.05) is 12.3 Å². The number of carbonyl (C=O) groups is 2. The van der Waals surface area contributed by atoms with Gasteiger partial charge in [0.05, 0.1) is 0 Å². The Kier molecular flexibility index (Phi) is 4.29. The highest BCUT2D eigenvalue weighted by Crippen LogP contribution is 2.35. The number of halogens is 6. The van der Waals surface area contributed by atoms with Crippen molar-refractivity contribution in [2.24, 2.45) is 0 Å². The zero-order valence-electron chi connectivity index (χ0n) is 9.45. The zero-order valence-corrected chi connectivity index (χ0v) is 9.45. The lowest BCUT2D eigenvalue weighted by molar-refractivity contribution is -0.190. The third kappa shape index (κ3) is 4.22. The molecule has 0 amide bonds. The highest BCUT2D eigenvalue weighted by atomic mass is 19.4. The molecule has 1 rings (SSSR count). The number of alkyl halides is 6. The Hall–Kier alpha value is -2.53. The summed E-state index contributed by atoms with van der Waals surface area (Å²) >= 11 is 0. The van der Waals surface area contributed by atoms with Gasteiger partial charge in [0.15, 0.2) is 5.75 Å². The maximum atomic E-state index is 11.9. The van der Waals surface area contributed by atoms with Gasteiger partial charge in [-0.3, -0.25) is 0 Å². The van der Waals surface area contributed by atoms with Crippen molar-refractivity contribution in [1.29, 1.82) is 0 Å². The molecule has 0 bridgehead atoms. The van der Waals surface area contributed by atoms with Crippen LogP contribution in [0.15, 0.2) is 12.3 Å². The number of carbonyl (C=O) groups excluding carboxylic acids is 2. The highest BCUT2D eigenvalue weighted by Gasteiger charge is 2.43. The van der Waals surface area contributed by atoms with Crippen molar-refractivity contribution in [3.63, 3.8) is 0 Å². The molecule has 0 aliphatic rings. The minimum absolute atomic E-state index is 0.546. The molecule has 0 spiro atoms. The highest BCUT2D eigenvalue weighted by molar-refractivity contribution is 5.80. The number of aromatic nitrogens is 1. The van der Waals surface area contributed by atoms with Crippen LogP contribution >= 0.6 is 0 Å². The van der Waals surface area contributed by atoms with Crippen molar-refractivity contribution in [2.75, 3.05) is 0 Å². The normalized spacial score (nSPS) is 11.9. The Balaban J connectivity index is 2.99. The number of aromatic hydroxyl groups is 1. The summed E-state index contributed by atoms with van der Waals surface area (Å²) in [7, 11) is 0. The first kappa shape index (κ1) is 16.5. The number of hydrogen-bond acceptors (Lipinski definition) is 6. The summed E-state index contributed by atoms with van der Waals surface area (Å²) in [5.74, 6) is -9.54. The van der Waals surface area contributed by atoms with Crippen LogP contribution in [-0.2, 0) is 9.59 Å². The number of ether oxygens (including phenoxy) is 2. The fourth-order valence-electron chi connectivity index (χ4n) is 0.879. The van der Waals surface area contributed by atoms with Gasteiger partial charge < -0.3 is 14.6 Å². The number of esters is 2. The van der Waals surface area contributed by atoms with Crippen LogP contribution in [-0.4, -0.2) is 34.4 Å². The van der Waals surface area contributed by atoms with Crippen LogP contribution in [0.1, 0.15) is 0 Å². The van der Waals surface area contributed by atoms with Crippen LogP contribution in [0, 0.1) is 0 Å². The summed E-state index contributed by atoms with van der Waals surface area (Å²) in [6, 6.07) is 0.546. The Morgan fingerprint density at radius 1 is 1.00 bits per heavy atom. The molecule has 1 heterocycles. The van der Waals surface area contributed by atoms with E-state index in [0.29, 0.717) is 12.3 Å². The summed E-state index contributed by atoms with van der Waals surface area (Å²) in [6.45, 7) is 0. The molecule has 1 aromatic rings. The van der Waals surface area contributed by atoms with Crippen LogP contribution < -0.4 is 9.47 Å². The van der Waals surface area contributed by atoms with E-state index in [4.69, 9.17) is 0 Å². The van der Waals surface area contributed by atoms with Gasteiger partial charge in [-0.1, -0.05) is 0 Å². The minimum Gasteiger partial charge on any atom is -0.500 e. The fourth-order valence-corrected chi connectivity index (χ4v) is 0.879. The van der Waals surface area contributed by atoms with Gasteiger partial charge in [-0.05, 0) is 0 Å². The second kappa shape index (κ2) is 5.46. The molecule has 0 aliphatic carbocycles. The van der Waals surface area contributed by atoms with Crippen LogP contribution in [0.4, 0.5) is 26.3 Å². The molecular weight excluding hydrogens is 316 g/mol. The summed E-state index contributed by atoms with van der Waals surface area (Å²) in [5.41, 5.74) is 0. The lowest BCUT2D eigenvalue weighted by atomic mass is 10.4. The van der Waals surface area contributed by atoms with Crippen molar-refractivity contribution in [3.8, 4) is 17.4 Å². The van der Waals surface area contributed by atoms with Crippen LogP contribution in [0.5, 0.6) is 17.4 Å². The van der Waals surface area contributed by atoms with E-state index in [2.05, 4.69) is 14.5 Å². The molecule has 1 aromatic heterocycles. The molecule has 12 heteroatoms. The molecule has 6 nitrogen and oxygen atoms in total. The zero-order chi connectivity index (χ0) is 16.4. The van der Waals surface area contributed by atoms with E-state index in [-0.39, 0.29) is 0 Å². The molecule has 0 radical (unpaired) electrons. The molecule has 0 atom stereocenters. The standard InChI is InChI=1S/C9H3F6NO5/c10-8(11,12)6(18)20-3-1-2-16-5(4(3)17)21-7(19)9(13,14)15/h1-2,17H. The van der Waals surface area contributed by atoms with Gasteiger partial charge in [-0.2, -0.15) is 26.3 Å². The molecular formula is C9H3F6NO5. The maximum Gasteiger partial charge on any atom is 0.491 e. The van der Waals surface area contributed by atoms with Crippen molar-refractivity contribution in [2.45, 2.75) is 12.4 Å². The molecule has 0 unspecified atom stereocenters. The number of rotatable bonds is 2. The quantitative estimate of drug-likeness (QED) is 0.660. The molecule has 0 saturated carbocycles. The van der Waals surface area contributed by atoms with E-state index >= 15 is 0 Å². The number of hydrogen-bond donors (Lipinski definition) is 1. The van der Waals surface area contributed by atoms with Crippen molar-refractivity contribution in [1.82, 2.24) is 4.98 Å². The summed E-state index contributed by atoms with van der Waals surface area (Å²) in [4.78, 5) is 24.0. The van der Waals surface area contributed by atoms with Crippen molar-refractivity contribution < 1.29 is 50.5 Å². The SMILES string of the molecule is O=C(Oc1ccnc(OC(=O)C(F)(F)F)c1O)C(F)(F)F. The van der Waals surface area contributed by atoms with E-state index in [9.17, 15) is 41.0 Å². The fraction of sp³-hybridized carbons (Fsp3) is 0.222. The van der Waals surface area contributed by atoms with Crippen LogP contribution in [0.3, 0.4) is 0 Å². The predicted molar refractivity (Wildman–Crippen MR) is 49.3 cm³/mol. The Morgan fingerprint density at radius 3 is 1.95 bits per heavy atom. The molecule has 0 fully saturated rings. The molecule has 1 N–H and O–H groups in total. The Labute approximate surface area is 110 Å². The smallest absolute Gasteiger partial charge is 0.491 e. The van der Waals surface area contributed by atoms with Gasteiger partial charge >= 0.3 is 24.3 Å². The summed E-state index contributed by atoms with van der Waals surface area (Å²) in [6.07, 6.45) is -10.3. The van der Waals surface area contributed by atoms with Gasteiger partial charge in [0.1, 0.15) is 0 Å². The average Bonchev–Trinajstić information content (AvgIpc) is 2.31. The van der Waals surface area contributed by atoms with Crippen LogP contribution in [0.25, 0.3) is 0 Å². The minimum atomic E-state index is -5.42. The first-order chi connectivity index (χ1) is 9.43. The lowest BCUT2D eigenvalue weighted by Crippen LogP contribution is -2.29. The molecule has 0 aromatic carbocycles. The second-order valence-corrected chi connectivity index (χ2v) is 3.24. The average molecular weight is 319 g/mol. The Morgan fingerprint density at radius 2 is 1.48 bits per heavy atom. The largest absolute Gasteiger partial charge is 0.500 e. The van der Waals surface area contributed by atoms with E-state index in [1.807, 2.05) is 0 Å². The second-order valence-electron chi connectivity index (χ2n) is 3.24. The third-order valence-corrected chi connectivity index (χ3v) is 1.71. The molecule has 0 aliphatic heterocycles. The van der Waals surface area contributed by atoms with Crippen molar-refractivity contribution >= 4 is 11.9 Å². The number of pyridine rings is 1. The van der Waals surface area contributed by atoms with E-state index in [0.717, 1.165) is 0 Å². The molecule has 116 valence electrons. The lowest BCUT2D eigenvalue weighted by Gasteiger charge is -2.11. The monoisotopic (exact) mass is 319 g/mol. The van der Waals surface area contributed by atoms with Gasteiger partial charge in [0.2, 0.25) is 5.75 Å². The van der Waals surface area contributed by atoms with E-state index < -0.39 is 41.7 Å². The molecule has 21 heavy (non-hydrogen) atoms. The van der Waals surface area contributed by atoms with E-state index in [1.165, 1.54) is 0 Å². The van der Waals surface area contributed by atoms with Gasteiger partial charge in [-0.15, -0.1) is 0 Å². The topological polar surface area (TPSA) is 85.7 Å². The van der Waals surface area contributed by atoms with Crippen LogP contribution in [0.2, 0.25) is 0 Å². The first-order valence-electron chi connectivity index (χ1n) is 4.69. The molecule has 0 saturated heterocycles. The first-order valence-corrected chi connectivity index (χ1v) is 4.69. The Bertz CT molecular complexity index is 520. The summed E-state index contributed by atoms with van der Waals surface area (Å²) in [5, 5.41) is 9.27. The number of nitrogens with zero attached hydrogens (tertiary/aromatic N) is 1. The third-order valence-electron chi connectivity index (χ3n) is 1.71. The summed E-state index contributed by atoms with van der Waals surface area (Å²) < 4.78 is 78.8.